The average molecular weight is 334 g/mol. The number of aryl methyl sites for hydroxylation is 1. The number of thiophene rings is 1. The first-order valence-electron chi connectivity index (χ1n) is 7.03. The van der Waals surface area contributed by atoms with E-state index in [1.54, 1.807) is 0 Å². The third-order valence-electron chi connectivity index (χ3n) is 3.44. The predicted molar refractivity (Wildman–Crippen MR) is 88.5 cm³/mol. The molecule has 1 N–H and O–H groups in total. The lowest BCUT2D eigenvalue weighted by molar-refractivity contribution is -0.137. The highest BCUT2D eigenvalue weighted by Gasteiger charge is 2.19. The van der Waals surface area contributed by atoms with Gasteiger partial charge in [-0.3, -0.25) is 9.59 Å². The van der Waals surface area contributed by atoms with Crippen LogP contribution in [0.25, 0.3) is 10.1 Å². The minimum Gasteiger partial charge on any atom is -0.451 e. The number of carbonyl (C=O) groups is 3. The summed E-state index contributed by atoms with van der Waals surface area (Å²) in [5.74, 6) is -1.24. The summed E-state index contributed by atoms with van der Waals surface area (Å²) >= 11 is 1.34. The van der Waals surface area contributed by atoms with Crippen molar-refractivity contribution in [3.05, 3.63) is 34.7 Å². The SMILES string of the molecule is CNC(=O)CN(C)C(=O)COC(=O)c1sc2ccccc2c1C. The van der Waals surface area contributed by atoms with Crippen LogP contribution in [0.1, 0.15) is 15.2 Å². The minimum absolute atomic E-state index is 0.0746. The van der Waals surface area contributed by atoms with Gasteiger partial charge in [-0.2, -0.15) is 0 Å². The van der Waals surface area contributed by atoms with Gasteiger partial charge in [0.25, 0.3) is 5.91 Å². The van der Waals surface area contributed by atoms with Gasteiger partial charge in [0.05, 0.1) is 6.54 Å². The number of benzene rings is 1. The number of nitrogens with zero attached hydrogens (tertiary/aromatic N) is 1. The maximum absolute atomic E-state index is 12.2. The molecule has 0 spiro atoms. The van der Waals surface area contributed by atoms with E-state index < -0.39 is 11.9 Å². The number of amides is 2. The van der Waals surface area contributed by atoms with Crippen LogP contribution in [0.2, 0.25) is 0 Å². The number of esters is 1. The topological polar surface area (TPSA) is 75.7 Å². The van der Waals surface area contributed by atoms with Crippen molar-refractivity contribution < 1.29 is 19.1 Å². The van der Waals surface area contributed by atoms with Crippen LogP contribution in [-0.4, -0.2) is 49.9 Å². The van der Waals surface area contributed by atoms with Crippen molar-refractivity contribution in [1.82, 2.24) is 10.2 Å². The monoisotopic (exact) mass is 334 g/mol. The van der Waals surface area contributed by atoms with Crippen LogP contribution in [-0.2, 0) is 14.3 Å². The Hall–Kier alpha value is -2.41. The quantitative estimate of drug-likeness (QED) is 0.842. The van der Waals surface area contributed by atoms with Gasteiger partial charge >= 0.3 is 5.97 Å². The lowest BCUT2D eigenvalue weighted by Gasteiger charge is -2.15. The molecule has 2 amide bonds. The first-order chi connectivity index (χ1) is 10.9. The number of likely N-dealkylation sites (N-methyl/N-ethyl adjacent to an activating group) is 2. The third-order valence-corrected chi connectivity index (χ3v) is 4.69. The van der Waals surface area contributed by atoms with E-state index in [4.69, 9.17) is 4.74 Å². The summed E-state index contributed by atoms with van der Waals surface area (Å²) in [6, 6.07) is 7.70. The van der Waals surface area contributed by atoms with E-state index in [1.165, 1.54) is 30.3 Å². The highest BCUT2D eigenvalue weighted by molar-refractivity contribution is 7.21. The molecule has 0 unspecified atom stereocenters. The zero-order chi connectivity index (χ0) is 17.0. The van der Waals surface area contributed by atoms with Gasteiger partial charge in [0.15, 0.2) is 6.61 Å². The Labute approximate surface area is 138 Å². The molecule has 0 radical (unpaired) electrons. The van der Waals surface area contributed by atoms with Crippen LogP contribution in [0.15, 0.2) is 24.3 Å². The third kappa shape index (κ3) is 3.87. The minimum atomic E-state index is -0.523. The van der Waals surface area contributed by atoms with Crippen molar-refractivity contribution in [3.63, 3.8) is 0 Å². The molecule has 23 heavy (non-hydrogen) atoms. The fourth-order valence-electron chi connectivity index (χ4n) is 2.05. The molecule has 2 rings (SSSR count). The normalized spacial score (nSPS) is 10.4. The summed E-state index contributed by atoms with van der Waals surface area (Å²) in [5.41, 5.74) is 0.849. The van der Waals surface area contributed by atoms with Gasteiger partial charge < -0.3 is 15.0 Å². The molecule has 0 fully saturated rings. The zero-order valence-corrected chi connectivity index (χ0v) is 14.0. The second-order valence-corrected chi connectivity index (χ2v) is 6.10. The summed E-state index contributed by atoms with van der Waals surface area (Å²) < 4.78 is 6.09. The van der Waals surface area contributed by atoms with Crippen molar-refractivity contribution in [3.8, 4) is 0 Å². The summed E-state index contributed by atoms with van der Waals surface area (Å²) in [6.07, 6.45) is 0. The summed E-state index contributed by atoms with van der Waals surface area (Å²) in [5, 5.41) is 3.43. The molecular formula is C16H18N2O4S. The first kappa shape index (κ1) is 17.0. The van der Waals surface area contributed by atoms with Gasteiger partial charge in [0.1, 0.15) is 4.88 Å². The molecule has 1 heterocycles. The molecule has 1 aromatic carbocycles. The predicted octanol–water partition coefficient (Wildman–Crippen LogP) is 1.57. The molecule has 0 saturated heterocycles. The van der Waals surface area contributed by atoms with Gasteiger partial charge in [-0.15, -0.1) is 11.3 Å². The number of rotatable bonds is 5. The van der Waals surface area contributed by atoms with Crippen molar-refractivity contribution in [2.24, 2.45) is 0 Å². The Morgan fingerprint density at radius 3 is 2.61 bits per heavy atom. The largest absolute Gasteiger partial charge is 0.451 e. The van der Waals surface area contributed by atoms with Crippen LogP contribution in [0, 0.1) is 6.92 Å². The second kappa shape index (κ2) is 7.23. The Kier molecular flexibility index (Phi) is 5.33. The van der Waals surface area contributed by atoms with Gasteiger partial charge in [0, 0.05) is 18.8 Å². The average Bonchev–Trinajstić information content (AvgIpc) is 2.89. The Balaban J connectivity index is 2.00. The maximum atomic E-state index is 12.2. The van der Waals surface area contributed by atoms with Gasteiger partial charge in [-0.1, -0.05) is 18.2 Å². The van der Waals surface area contributed by atoms with Crippen molar-refractivity contribution >= 4 is 39.2 Å². The molecule has 0 atom stereocenters. The lowest BCUT2D eigenvalue weighted by atomic mass is 10.1. The molecule has 1 aromatic heterocycles. The number of hydrogen-bond acceptors (Lipinski definition) is 5. The Morgan fingerprint density at radius 1 is 1.26 bits per heavy atom. The molecule has 0 aliphatic heterocycles. The molecule has 0 bridgehead atoms. The van der Waals surface area contributed by atoms with Crippen LogP contribution in [0.5, 0.6) is 0 Å². The van der Waals surface area contributed by atoms with Crippen LogP contribution in [0.4, 0.5) is 0 Å². The van der Waals surface area contributed by atoms with E-state index >= 15 is 0 Å². The van der Waals surface area contributed by atoms with E-state index in [0.717, 1.165) is 15.6 Å². The van der Waals surface area contributed by atoms with Crippen molar-refractivity contribution in [2.75, 3.05) is 27.2 Å². The lowest BCUT2D eigenvalue weighted by Crippen LogP contribution is -2.39. The molecule has 2 aromatic rings. The van der Waals surface area contributed by atoms with Crippen LogP contribution in [0.3, 0.4) is 0 Å². The summed E-state index contributed by atoms with van der Waals surface area (Å²) in [4.78, 5) is 37.0. The Morgan fingerprint density at radius 2 is 1.96 bits per heavy atom. The van der Waals surface area contributed by atoms with Crippen molar-refractivity contribution in [2.45, 2.75) is 6.92 Å². The standard InChI is InChI=1S/C16H18N2O4S/c1-10-11-6-4-5-7-12(11)23-15(10)16(21)22-9-14(20)18(3)8-13(19)17-2/h4-7H,8-9H2,1-3H3,(H,17,19). The second-order valence-electron chi connectivity index (χ2n) is 5.05. The molecule has 122 valence electrons. The summed E-state index contributed by atoms with van der Waals surface area (Å²) in [6.45, 7) is 1.39. The molecule has 0 aliphatic rings. The van der Waals surface area contributed by atoms with Crippen molar-refractivity contribution in [1.29, 1.82) is 0 Å². The van der Waals surface area contributed by atoms with Gasteiger partial charge in [0.2, 0.25) is 5.91 Å². The van der Waals surface area contributed by atoms with Crippen LogP contribution < -0.4 is 5.32 Å². The molecular weight excluding hydrogens is 316 g/mol. The number of ether oxygens (including phenoxy) is 1. The zero-order valence-electron chi connectivity index (χ0n) is 13.2. The van der Waals surface area contributed by atoms with Crippen LogP contribution >= 0.6 is 11.3 Å². The van der Waals surface area contributed by atoms with Gasteiger partial charge in [-0.05, 0) is 23.9 Å². The first-order valence-corrected chi connectivity index (χ1v) is 7.85. The molecule has 0 saturated carbocycles. The number of hydrogen-bond donors (Lipinski definition) is 1. The van der Waals surface area contributed by atoms with E-state index in [-0.39, 0.29) is 19.1 Å². The van der Waals surface area contributed by atoms with Gasteiger partial charge in [-0.25, -0.2) is 4.79 Å². The molecule has 6 nitrogen and oxygen atoms in total. The number of fused-ring (bicyclic) bond motifs is 1. The fraction of sp³-hybridized carbons (Fsp3) is 0.312. The molecule has 0 aliphatic carbocycles. The van der Waals surface area contributed by atoms with E-state index in [9.17, 15) is 14.4 Å². The Bertz CT molecular complexity index is 754. The molecule has 7 heteroatoms. The maximum Gasteiger partial charge on any atom is 0.349 e. The number of nitrogens with one attached hydrogen (secondary N) is 1. The smallest absolute Gasteiger partial charge is 0.349 e. The number of carbonyl (C=O) groups excluding carboxylic acids is 3. The van der Waals surface area contributed by atoms with E-state index in [2.05, 4.69) is 5.32 Å². The fourth-order valence-corrected chi connectivity index (χ4v) is 3.16. The highest BCUT2D eigenvalue weighted by Crippen LogP contribution is 2.30. The van der Waals surface area contributed by atoms with E-state index in [1.807, 2.05) is 31.2 Å². The van der Waals surface area contributed by atoms with E-state index in [0.29, 0.717) is 4.88 Å². The summed E-state index contributed by atoms with van der Waals surface area (Å²) in [7, 11) is 2.97. The highest BCUT2D eigenvalue weighted by atomic mass is 32.1.